The van der Waals surface area contributed by atoms with Crippen molar-refractivity contribution in [2.45, 2.75) is 31.6 Å². The van der Waals surface area contributed by atoms with Gasteiger partial charge in [-0.15, -0.1) is 0 Å². The number of hydrogen-bond acceptors (Lipinski definition) is 3. The Labute approximate surface area is 129 Å². The maximum atomic E-state index is 11.6. The standard InChI is InChI=1S/C17H21N3O2/c1-12(10-18)9-15-19-14(17(7-8-17)16(21)22)11-20(15)13-5-3-2-4-6-13/h2-6,11-12H,7-10,18H2,1H3,(H,21,22). The lowest BCUT2D eigenvalue weighted by molar-refractivity contribution is -0.140. The highest BCUT2D eigenvalue weighted by Gasteiger charge is 2.54. The average molecular weight is 299 g/mol. The Bertz CT molecular complexity index is 674. The third-order valence-electron chi connectivity index (χ3n) is 4.40. The average Bonchev–Trinajstić information content (AvgIpc) is 3.24. The quantitative estimate of drug-likeness (QED) is 0.856. The highest BCUT2D eigenvalue weighted by atomic mass is 16.4. The number of aliphatic carboxylic acids is 1. The Hall–Kier alpha value is -2.14. The van der Waals surface area contributed by atoms with Crippen LogP contribution in [-0.2, 0) is 16.6 Å². The zero-order valence-corrected chi connectivity index (χ0v) is 12.7. The van der Waals surface area contributed by atoms with Gasteiger partial charge in [0.15, 0.2) is 0 Å². The van der Waals surface area contributed by atoms with Crippen LogP contribution >= 0.6 is 0 Å². The van der Waals surface area contributed by atoms with Crippen LogP contribution in [0.25, 0.3) is 5.69 Å². The summed E-state index contributed by atoms with van der Waals surface area (Å²) in [6.45, 7) is 2.66. The van der Waals surface area contributed by atoms with Gasteiger partial charge in [0.05, 0.1) is 5.69 Å². The summed E-state index contributed by atoms with van der Waals surface area (Å²) in [7, 11) is 0. The maximum Gasteiger partial charge on any atom is 0.315 e. The summed E-state index contributed by atoms with van der Waals surface area (Å²) in [4.78, 5) is 16.2. The monoisotopic (exact) mass is 299 g/mol. The first kappa shape index (κ1) is 14.8. The molecule has 1 saturated carbocycles. The lowest BCUT2D eigenvalue weighted by atomic mass is 10.0. The summed E-state index contributed by atoms with van der Waals surface area (Å²) < 4.78 is 2.00. The minimum absolute atomic E-state index is 0.303. The molecule has 1 aromatic carbocycles. The molecule has 0 bridgehead atoms. The number of nitrogens with zero attached hydrogens (tertiary/aromatic N) is 2. The predicted octanol–water partition coefficient (Wildman–Crippen LogP) is 2.13. The lowest BCUT2D eigenvalue weighted by Gasteiger charge is -2.10. The molecule has 22 heavy (non-hydrogen) atoms. The van der Waals surface area contributed by atoms with Crippen molar-refractivity contribution < 1.29 is 9.90 Å². The fourth-order valence-corrected chi connectivity index (χ4v) is 2.70. The van der Waals surface area contributed by atoms with Crippen LogP contribution < -0.4 is 5.73 Å². The van der Waals surface area contributed by atoms with Gasteiger partial charge >= 0.3 is 5.97 Å². The molecule has 1 atom stereocenters. The number of hydrogen-bond donors (Lipinski definition) is 2. The fourth-order valence-electron chi connectivity index (χ4n) is 2.70. The van der Waals surface area contributed by atoms with Crippen molar-refractivity contribution in [2.75, 3.05) is 6.54 Å². The fraction of sp³-hybridized carbons (Fsp3) is 0.412. The van der Waals surface area contributed by atoms with Crippen molar-refractivity contribution in [1.29, 1.82) is 0 Å². The van der Waals surface area contributed by atoms with Crippen LogP contribution in [-0.4, -0.2) is 27.2 Å². The molecule has 116 valence electrons. The van der Waals surface area contributed by atoms with E-state index in [0.717, 1.165) is 17.9 Å². The van der Waals surface area contributed by atoms with Gasteiger partial charge in [0.25, 0.3) is 0 Å². The molecule has 0 radical (unpaired) electrons. The number of carbonyl (C=O) groups is 1. The van der Waals surface area contributed by atoms with Crippen LogP contribution in [0.15, 0.2) is 36.5 Å². The van der Waals surface area contributed by atoms with Crippen molar-refractivity contribution in [3.8, 4) is 5.69 Å². The second-order valence-electron chi connectivity index (χ2n) is 6.18. The maximum absolute atomic E-state index is 11.6. The Morgan fingerprint density at radius 2 is 2.09 bits per heavy atom. The number of carboxylic acids is 1. The number of rotatable bonds is 6. The van der Waals surface area contributed by atoms with Gasteiger partial charge < -0.3 is 15.4 Å². The van der Waals surface area contributed by atoms with Crippen LogP contribution in [0.4, 0.5) is 0 Å². The van der Waals surface area contributed by atoms with Crippen LogP contribution in [0.2, 0.25) is 0 Å². The number of para-hydroxylation sites is 1. The van der Waals surface area contributed by atoms with E-state index >= 15 is 0 Å². The summed E-state index contributed by atoms with van der Waals surface area (Å²) in [6.07, 6.45) is 3.95. The molecule has 1 aliphatic carbocycles. The second kappa shape index (κ2) is 5.57. The molecule has 0 amide bonds. The van der Waals surface area contributed by atoms with Crippen LogP contribution in [0.3, 0.4) is 0 Å². The summed E-state index contributed by atoms with van der Waals surface area (Å²) in [5.41, 5.74) is 6.62. The van der Waals surface area contributed by atoms with Crippen molar-refractivity contribution in [3.63, 3.8) is 0 Å². The van der Waals surface area contributed by atoms with Crippen molar-refractivity contribution >= 4 is 5.97 Å². The topological polar surface area (TPSA) is 81.1 Å². The van der Waals surface area contributed by atoms with E-state index in [9.17, 15) is 9.90 Å². The number of nitrogens with two attached hydrogens (primary N) is 1. The largest absolute Gasteiger partial charge is 0.481 e. The lowest BCUT2D eigenvalue weighted by Crippen LogP contribution is -2.20. The Morgan fingerprint density at radius 1 is 1.41 bits per heavy atom. The zero-order chi connectivity index (χ0) is 15.7. The van der Waals surface area contributed by atoms with Gasteiger partial charge in [0, 0.05) is 18.3 Å². The minimum Gasteiger partial charge on any atom is -0.481 e. The molecular weight excluding hydrogens is 278 g/mol. The normalized spacial score (nSPS) is 17.2. The third kappa shape index (κ3) is 2.52. The van der Waals surface area contributed by atoms with Gasteiger partial charge in [0.2, 0.25) is 0 Å². The molecule has 1 unspecified atom stereocenters. The first-order valence-corrected chi connectivity index (χ1v) is 7.64. The molecule has 0 spiro atoms. The Morgan fingerprint density at radius 3 is 2.64 bits per heavy atom. The second-order valence-corrected chi connectivity index (χ2v) is 6.18. The van der Waals surface area contributed by atoms with Gasteiger partial charge in [-0.1, -0.05) is 25.1 Å². The third-order valence-corrected chi connectivity index (χ3v) is 4.40. The van der Waals surface area contributed by atoms with E-state index in [1.807, 2.05) is 41.1 Å². The first-order valence-electron chi connectivity index (χ1n) is 7.64. The molecule has 1 fully saturated rings. The highest BCUT2D eigenvalue weighted by Crippen LogP contribution is 2.48. The van der Waals surface area contributed by atoms with E-state index in [1.165, 1.54) is 0 Å². The smallest absolute Gasteiger partial charge is 0.315 e. The van der Waals surface area contributed by atoms with Crippen LogP contribution in [0, 0.1) is 5.92 Å². The minimum atomic E-state index is -0.777. The van der Waals surface area contributed by atoms with Gasteiger partial charge in [-0.2, -0.15) is 0 Å². The number of benzene rings is 1. The van der Waals surface area contributed by atoms with Gasteiger partial charge in [-0.05, 0) is 37.4 Å². The summed E-state index contributed by atoms with van der Waals surface area (Å²) >= 11 is 0. The van der Waals surface area contributed by atoms with E-state index in [0.29, 0.717) is 31.0 Å². The number of imidazole rings is 1. The summed E-state index contributed by atoms with van der Waals surface area (Å²) in [5, 5.41) is 9.49. The van der Waals surface area contributed by atoms with E-state index < -0.39 is 11.4 Å². The van der Waals surface area contributed by atoms with E-state index in [2.05, 4.69) is 11.9 Å². The van der Waals surface area contributed by atoms with Gasteiger partial charge in [-0.3, -0.25) is 4.79 Å². The van der Waals surface area contributed by atoms with E-state index in [1.54, 1.807) is 0 Å². The van der Waals surface area contributed by atoms with E-state index in [4.69, 9.17) is 5.73 Å². The molecule has 3 rings (SSSR count). The molecule has 1 heterocycles. The Kier molecular flexibility index (Phi) is 3.74. The molecule has 5 heteroatoms. The predicted molar refractivity (Wildman–Crippen MR) is 84.0 cm³/mol. The summed E-state index contributed by atoms with van der Waals surface area (Å²) in [6, 6.07) is 9.90. The van der Waals surface area contributed by atoms with Crippen molar-refractivity contribution in [2.24, 2.45) is 11.7 Å². The van der Waals surface area contributed by atoms with Crippen LogP contribution in [0.5, 0.6) is 0 Å². The van der Waals surface area contributed by atoms with E-state index in [-0.39, 0.29) is 0 Å². The molecule has 3 N–H and O–H groups in total. The van der Waals surface area contributed by atoms with Crippen molar-refractivity contribution in [3.05, 3.63) is 48.0 Å². The zero-order valence-electron chi connectivity index (χ0n) is 12.7. The molecule has 2 aromatic rings. The summed E-state index contributed by atoms with van der Waals surface area (Å²) in [5.74, 6) is 0.410. The molecular formula is C17H21N3O2. The molecule has 5 nitrogen and oxygen atoms in total. The van der Waals surface area contributed by atoms with Gasteiger partial charge in [-0.25, -0.2) is 4.98 Å². The Balaban J connectivity index is 2.03. The molecule has 0 saturated heterocycles. The SMILES string of the molecule is CC(CN)Cc1nc(C2(C(=O)O)CC2)cn1-c1ccccc1. The molecule has 0 aliphatic heterocycles. The van der Waals surface area contributed by atoms with Gasteiger partial charge in [0.1, 0.15) is 11.2 Å². The molecule has 1 aliphatic rings. The number of aromatic nitrogens is 2. The van der Waals surface area contributed by atoms with Crippen LogP contribution in [0.1, 0.15) is 31.3 Å². The number of carboxylic acid groups (broad SMARTS) is 1. The highest BCUT2D eigenvalue weighted by molar-refractivity contribution is 5.84. The first-order chi connectivity index (χ1) is 10.6. The van der Waals surface area contributed by atoms with Crippen molar-refractivity contribution in [1.82, 2.24) is 9.55 Å². The molecule has 1 aromatic heterocycles.